The lowest BCUT2D eigenvalue weighted by atomic mass is 10.1. The van der Waals surface area contributed by atoms with E-state index >= 15 is 0 Å². The molecule has 1 amide bonds. The molecule has 0 bridgehead atoms. The van der Waals surface area contributed by atoms with Crippen molar-refractivity contribution in [2.24, 2.45) is 0 Å². The molecule has 0 aliphatic rings. The van der Waals surface area contributed by atoms with Crippen molar-refractivity contribution in [3.63, 3.8) is 0 Å². The van der Waals surface area contributed by atoms with E-state index < -0.39 is 21.0 Å². The van der Waals surface area contributed by atoms with Crippen LogP contribution in [0.15, 0.2) is 53.4 Å². The molecule has 0 saturated carbocycles. The van der Waals surface area contributed by atoms with Gasteiger partial charge in [0.25, 0.3) is 11.6 Å². The van der Waals surface area contributed by atoms with E-state index in [-0.39, 0.29) is 16.5 Å². The van der Waals surface area contributed by atoms with Crippen LogP contribution in [0.1, 0.15) is 28.9 Å². The molecule has 2 rings (SSSR count). The molecule has 1 atom stereocenters. The van der Waals surface area contributed by atoms with Gasteiger partial charge in [0, 0.05) is 38.8 Å². The molecule has 9 heteroatoms. The number of carbonyl (C=O) groups is 1. The number of hydrogen-bond acceptors (Lipinski definition) is 5. The maximum Gasteiger partial charge on any atom is 0.269 e. The van der Waals surface area contributed by atoms with Crippen LogP contribution < -0.4 is 0 Å². The van der Waals surface area contributed by atoms with Crippen molar-refractivity contribution in [1.82, 2.24) is 9.21 Å². The first kappa shape index (κ1) is 20.5. The summed E-state index contributed by atoms with van der Waals surface area (Å²) in [6.45, 7) is 1.77. The van der Waals surface area contributed by atoms with Crippen molar-refractivity contribution >= 4 is 21.6 Å². The van der Waals surface area contributed by atoms with Gasteiger partial charge in [-0.25, -0.2) is 12.7 Å². The number of hydrogen-bond donors (Lipinski definition) is 0. The minimum atomic E-state index is -3.57. The number of nitrogens with zero attached hydrogens (tertiary/aromatic N) is 3. The number of benzene rings is 2. The van der Waals surface area contributed by atoms with E-state index in [9.17, 15) is 23.3 Å². The predicted molar refractivity (Wildman–Crippen MR) is 101 cm³/mol. The molecule has 0 aliphatic heterocycles. The molecule has 144 valence electrons. The van der Waals surface area contributed by atoms with E-state index in [1.165, 1.54) is 55.4 Å². The summed E-state index contributed by atoms with van der Waals surface area (Å²) in [6, 6.07) is 11.4. The summed E-state index contributed by atoms with van der Waals surface area (Å²) >= 11 is 0. The molecule has 0 aromatic heterocycles. The van der Waals surface area contributed by atoms with Crippen molar-refractivity contribution in [2.75, 3.05) is 21.1 Å². The molecule has 2 aromatic rings. The highest BCUT2D eigenvalue weighted by Crippen LogP contribution is 2.24. The van der Waals surface area contributed by atoms with E-state index in [0.29, 0.717) is 11.1 Å². The van der Waals surface area contributed by atoms with Crippen molar-refractivity contribution in [3.05, 3.63) is 69.8 Å². The average Bonchev–Trinajstić information content (AvgIpc) is 2.66. The number of nitro benzene ring substituents is 1. The van der Waals surface area contributed by atoms with Gasteiger partial charge in [-0.15, -0.1) is 0 Å². The van der Waals surface area contributed by atoms with E-state index in [1.807, 2.05) is 0 Å². The first-order valence-electron chi connectivity index (χ1n) is 8.10. The van der Waals surface area contributed by atoms with E-state index in [4.69, 9.17) is 0 Å². The largest absolute Gasteiger partial charge is 0.335 e. The zero-order valence-electron chi connectivity index (χ0n) is 15.5. The topological polar surface area (TPSA) is 101 Å². The number of rotatable bonds is 6. The second-order valence-electron chi connectivity index (χ2n) is 6.26. The van der Waals surface area contributed by atoms with Gasteiger partial charge in [-0.05, 0) is 36.8 Å². The summed E-state index contributed by atoms with van der Waals surface area (Å²) in [6.07, 6.45) is 0. The minimum absolute atomic E-state index is 0.0431. The third-order valence-corrected chi connectivity index (χ3v) is 6.17. The van der Waals surface area contributed by atoms with Gasteiger partial charge >= 0.3 is 0 Å². The van der Waals surface area contributed by atoms with Gasteiger partial charge in [0.1, 0.15) is 0 Å². The highest BCUT2D eigenvalue weighted by atomic mass is 32.2. The summed E-state index contributed by atoms with van der Waals surface area (Å²) in [7, 11) is 0.893. The highest BCUT2D eigenvalue weighted by Gasteiger charge is 2.22. The van der Waals surface area contributed by atoms with Crippen LogP contribution in [0.2, 0.25) is 0 Å². The fraction of sp³-hybridized carbons (Fsp3) is 0.278. The van der Waals surface area contributed by atoms with Crippen LogP contribution in [0.3, 0.4) is 0 Å². The number of carbonyl (C=O) groups excluding carboxylic acids is 1. The van der Waals surface area contributed by atoms with E-state index in [2.05, 4.69) is 0 Å². The van der Waals surface area contributed by atoms with Crippen LogP contribution in [-0.4, -0.2) is 49.6 Å². The zero-order valence-corrected chi connectivity index (χ0v) is 16.3. The molecule has 8 nitrogen and oxygen atoms in total. The molecule has 0 heterocycles. The summed E-state index contributed by atoms with van der Waals surface area (Å²) in [5.41, 5.74) is 0.915. The minimum Gasteiger partial charge on any atom is -0.335 e. The van der Waals surface area contributed by atoms with Gasteiger partial charge in [-0.3, -0.25) is 14.9 Å². The van der Waals surface area contributed by atoms with Gasteiger partial charge in [-0.1, -0.05) is 12.1 Å². The van der Waals surface area contributed by atoms with Crippen molar-refractivity contribution in [2.45, 2.75) is 17.9 Å². The lowest BCUT2D eigenvalue weighted by Gasteiger charge is -2.25. The Balaban J connectivity index is 2.24. The quantitative estimate of drug-likeness (QED) is 0.557. The van der Waals surface area contributed by atoms with Crippen LogP contribution in [-0.2, 0) is 10.0 Å². The first-order valence-corrected chi connectivity index (χ1v) is 9.54. The van der Waals surface area contributed by atoms with Crippen LogP contribution >= 0.6 is 0 Å². The molecule has 0 unspecified atom stereocenters. The van der Waals surface area contributed by atoms with Crippen LogP contribution in [0.25, 0.3) is 0 Å². The molecule has 0 saturated heterocycles. The number of non-ortho nitro benzene ring substituents is 1. The Morgan fingerprint density at radius 1 is 1.07 bits per heavy atom. The maximum atomic E-state index is 12.7. The molecule has 27 heavy (non-hydrogen) atoms. The second kappa shape index (κ2) is 7.85. The molecule has 0 aliphatic carbocycles. The molecular weight excluding hydrogens is 370 g/mol. The Bertz CT molecular complexity index is 955. The number of amides is 1. The van der Waals surface area contributed by atoms with Crippen molar-refractivity contribution in [3.8, 4) is 0 Å². The Morgan fingerprint density at radius 3 is 2.19 bits per heavy atom. The molecule has 2 aromatic carbocycles. The molecule has 0 spiro atoms. The summed E-state index contributed by atoms with van der Waals surface area (Å²) < 4.78 is 25.3. The summed E-state index contributed by atoms with van der Waals surface area (Å²) in [5, 5.41) is 10.9. The fourth-order valence-electron chi connectivity index (χ4n) is 2.48. The van der Waals surface area contributed by atoms with E-state index in [0.717, 1.165) is 4.31 Å². The summed E-state index contributed by atoms with van der Waals surface area (Å²) in [5.74, 6) is -0.317. The third-order valence-electron chi connectivity index (χ3n) is 4.34. The van der Waals surface area contributed by atoms with Crippen molar-refractivity contribution < 1.29 is 18.1 Å². The molecule has 0 radical (unpaired) electrons. The lowest BCUT2D eigenvalue weighted by Crippen LogP contribution is -2.29. The number of sulfonamides is 1. The lowest BCUT2D eigenvalue weighted by molar-refractivity contribution is -0.384. The Labute approximate surface area is 158 Å². The fourth-order valence-corrected chi connectivity index (χ4v) is 3.38. The van der Waals surface area contributed by atoms with Gasteiger partial charge in [0.05, 0.1) is 15.9 Å². The average molecular weight is 391 g/mol. The van der Waals surface area contributed by atoms with Gasteiger partial charge in [0.15, 0.2) is 0 Å². The third kappa shape index (κ3) is 4.32. The maximum absolute atomic E-state index is 12.7. The number of nitro groups is 1. The zero-order chi connectivity index (χ0) is 20.4. The first-order chi connectivity index (χ1) is 12.6. The Morgan fingerprint density at radius 2 is 1.67 bits per heavy atom. The van der Waals surface area contributed by atoms with Gasteiger partial charge in [-0.2, -0.15) is 0 Å². The Kier molecular flexibility index (Phi) is 5.97. The van der Waals surface area contributed by atoms with Gasteiger partial charge in [0.2, 0.25) is 10.0 Å². The normalized spacial score (nSPS) is 12.6. The predicted octanol–water partition coefficient (Wildman–Crippen LogP) is 2.68. The standard InChI is InChI=1S/C18H21N3O5S/c1-13(15-6-5-7-16(12-15)21(23)24)20(4)18(22)14-8-10-17(11-9-14)27(25,26)19(2)3/h5-13H,1-4H3/t13-/m0/s1. The van der Waals surface area contributed by atoms with Crippen LogP contribution in [0.5, 0.6) is 0 Å². The molecule has 0 fully saturated rings. The van der Waals surface area contributed by atoms with Crippen molar-refractivity contribution in [1.29, 1.82) is 0 Å². The second-order valence-corrected chi connectivity index (χ2v) is 8.41. The molecule has 0 N–H and O–H groups in total. The van der Waals surface area contributed by atoms with Crippen LogP contribution in [0.4, 0.5) is 5.69 Å². The SMILES string of the molecule is C[C@@H](c1cccc([N+](=O)[O-])c1)N(C)C(=O)c1ccc(S(=O)(=O)N(C)C)cc1. The van der Waals surface area contributed by atoms with Gasteiger partial charge < -0.3 is 4.90 Å². The smallest absolute Gasteiger partial charge is 0.269 e. The highest BCUT2D eigenvalue weighted by molar-refractivity contribution is 7.89. The Hall–Kier alpha value is -2.78. The monoisotopic (exact) mass is 391 g/mol. The molecular formula is C18H21N3O5S. The summed E-state index contributed by atoms with van der Waals surface area (Å²) in [4.78, 5) is 24.7. The van der Waals surface area contributed by atoms with Crippen LogP contribution in [0, 0.1) is 10.1 Å². The van der Waals surface area contributed by atoms with E-state index in [1.54, 1.807) is 26.1 Å².